The maximum atomic E-state index is 6.07. The zero-order chi connectivity index (χ0) is 13.2. The molecule has 2 nitrogen and oxygen atoms in total. The fraction of sp³-hybridized carbons (Fsp3) is 0. The Morgan fingerprint density at radius 3 is 2.26 bits per heavy atom. The van der Waals surface area contributed by atoms with Gasteiger partial charge in [0.1, 0.15) is 15.7 Å². The summed E-state index contributed by atoms with van der Waals surface area (Å²) < 4.78 is 0. The number of benzene rings is 2. The van der Waals surface area contributed by atoms with E-state index in [9.17, 15) is 0 Å². The Bertz CT molecular complexity index is 690. The molecule has 0 unspecified atom stereocenters. The van der Waals surface area contributed by atoms with Crippen molar-refractivity contribution in [3.63, 3.8) is 0 Å². The monoisotopic (exact) mass is 286 g/mol. The lowest BCUT2D eigenvalue weighted by Gasteiger charge is -1.98. The van der Waals surface area contributed by atoms with E-state index in [1.165, 1.54) is 11.3 Å². The highest BCUT2D eigenvalue weighted by Gasteiger charge is 2.11. The van der Waals surface area contributed by atoms with Crippen LogP contribution in [0.1, 0.15) is 0 Å². The summed E-state index contributed by atoms with van der Waals surface area (Å²) in [6.45, 7) is 0. The molecule has 0 saturated carbocycles. The van der Waals surface area contributed by atoms with Gasteiger partial charge in [0.15, 0.2) is 0 Å². The second-order valence-corrected chi connectivity index (χ2v) is 5.57. The van der Waals surface area contributed by atoms with E-state index in [0.29, 0.717) is 5.02 Å². The van der Waals surface area contributed by atoms with Gasteiger partial charge in [0.2, 0.25) is 0 Å². The summed E-state index contributed by atoms with van der Waals surface area (Å²) in [4.78, 5) is 4.63. The topological polar surface area (TPSA) is 38.9 Å². The molecular formula is C15H11ClN2S. The maximum absolute atomic E-state index is 6.07. The van der Waals surface area contributed by atoms with Crippen LogP contribution in [0.3, 0.4) is 0 Å². The van der Waals surface area contributed by atoms with Gasteiger partial charge in [-0.15, -0.1) is 0 Å². The van der Waals surface area contributed by atoms with Gasteiger partial charge >= 0.3 is 0 Å². The fourth-order valence-electron chi connectivity index (χ4n) is 1.85. The molecule has 3 rings (SSSR count). The van der Waals surface area contributed by atoms with E-state index >= 15 is 0 Å². The number of aromatic nitrogens is 1. The molecule has 0 aliphatic carbocycles. The highest BCUT2D eigenvalue weighted by molar-refractivity contribution is 7.19. The van der Waals surface area contributed by atoms with Crippen LogP contribution in [-0.4, -0.2) is 4.98 Å². The largest absolute Gasteiger partial charge is 0.389 e. The molecule has 0 aliphatic heterocycles. The molecular weight excluding hydrogens is 276 g/mol. The first-order valence-electron chi connectivity index (χ1n) is 5.82. The lowest BCUT2D eigenvalue weighted by Crippen LogP contribution is -1.85. The Morgan fingerprint density at radius 2 is 1.58 bits per heavy atom. The number of nitrogens with two attached hydrogens (primary N) is 1. The van der Waals surface area contributed by atoms with Crippen molar-refractivity contribution in [2.45, 2.75) is 0 Å². The number of halogens is 1. The maximum Gasteiger partial charge on any atom is 0.126 e. The van der Waals surface area contributed by atoms with E-state index in [2.05, 4.69) is 4.98 Å². The zero-order valence-corrected chi connectivity index (χ0v) is 11.6. The Hall–Kier alpha value is -1.84. The molecule has 2 aromatic carbocycles. The van der Waals surface area contributed by atoms with Crippen molar-refractivity contribution in [3.05, 3.63) is 59.6 Å². The van der Waals surface area contributed by atoms with Crippen molar-refractivity contribution < 1.29 is 0 Å². The van der Waals surface area contributed by atoms with Crippen LogP contribution in [0.15, 0.2) is 54.6 Å². The summed E-state index contributed by atoms with van der Waals surface area (Å²) in [6, 6.07) is 17.6. The molecule has 4 heteroatoms. The van der Waals surface area contributed by atoms with Crippen LogP contribution < -0.4 is 5.73 Å². The lowest BCUT2D eigenvalue weighted by atomic mass is 10.1. The summed E-state index contributed by atoms with van der Waals surface area (Å²) in [5.74, 6) is 0. The van der Waals surface area contributed by atoms with Gasteiger partial charge in [-0.2, -0.15) is 0 Å². The molecule has 19 heavy (non-hydrogen) atoms. The molecule has 1 heterocycles. The number of anilines is 1. The lowest BCUT2D eigenvalue weighted by molar-refractivity contribution is 1.40. The molecule has 3 aromatic rings. The summed E-state index contributed by atoms with van der Waals surface area (Å²) in [7, 11) is 0. The standard InChI is InChI=1S/C15H11ClN2S/c16-12-8-6-10(7-9-12)13-14(17)19-15(18-13)11-4-2-1-3-5-11/h1-9H,17H2. The van der Waals surface area contributed by atoms with Crippen molar-refractivity contribution in [3.8, 4) is 21.8 Å². The third-order valence-corrected chi connectivity index (χ3v) is 3.98. The molecule has 0 amide bonds. The molecule has 0 aliphatic rings. The number of hydrogen-bond donors (Lipinski definition) is 1. The molecule has 0 radical (unpaired) electrons. The van der Waals surface area contributed by atoms with Crippen molar-refractivity contribution in [1.82, 2.24) is 4.98 Å². The van der Waals surface area contributed by atoms with Crippen LogP contribution in [-0.2, 0) is 0 Å². The summed E-state index contributed by atoms with van der Waals surface area (Å²) >= 11 is 7.39. The second kappa shape index (κ2) is 5.03. The average Bonchev–Trinajstić information content (AvgIpc) is 2.83. The Kier molecular flexibility index (Phi) is 3.23. The smallest absolute Gasteiger partial charge is 0.126 e. The SMILES string of the molecule is Nc1sc(-c2ccccc2)nc1-c1ccc(Cl)cc1. The van der Waals surface area contributed by atoms with Gasteiger partial charge in [0.25, 0.3) is 0 Å². The highest BCUT2D eigenvalue weighted by atomic mass is 35.5. The van der Waals surface area contributed by atoms with E-state index in [1.54, 1.807) is 0 Å². The first-order valence-corrected chi connectivity index (χ1v) is 7.01. The normalized spacial score (nSPS) is 10.6. The van der Waals surface area contributed by atoms with Crippen LogP contribution in [0.25, 0.3) is 21.8 Å². The van der Waals surface area contributed by atoms with E-state index in [-0.39, 0.29) is 0 Å². The van der Waals surface area contributed by atoms with Crippen LogP contribution in [0.5, 0.6) is 0 Å². The van der Waals surface area contributed by atoms with Crippen molar-refractivity contribution in [2.24, 2.45) is 0 Å². The summed E-state index contributed by atoms with van der Waals surface area (Å²) in [5, 5.41) is 2.37. The molecule has 94 valence electrons. The first kappa shape index (κ1) is 12.2. The zero-order valence-electron chi connectivity index (χ0n) is 10.0. The van der Waals surface area contributed by atoms with E-state index < -0.39 is 0 Å². The quantitative estimate of drug-likeness (QED) is 0.741. The number of nitrogens with zero attached hydrogens (tertiary/aromatic N) is 1. The van der Waals surface area contributed by atoms with Gasteiger partial charge in [-0.1, -0.05) is 65.4 Å². The van der Waals surface area contributed by atoms with Crippen LogP contribution in [0.2, 0.25) is 5.02 Å². The van der Waals surface area contributed by atoms with E-state index in [0.717, 1.165) is 26.8 Å². The number of thiazole rings is 1. The summed E-state index contributed by atoms with van der Waals surface area (Å²) in [5.41, 5.74) is 8.96. The van der Waals surface area contributed by atoms with Crippen molar-refractivity contribution in [2.75, 3.05) is 5.73 Å². The number of rotatable bonds is 2. The second-order valence-electron chi connectivity index (χ2n) is 4.10. The van der Waals surface area contributed by atoms with Gasteiger partial charge in [0.05, 0.1) is 0 Å². The molecule has 2 N–H and O–H groups in total. The first-order chi connectivity index (χ1) is 9.24. The van der Waals surface area contributed by atoms with Gasteiger partial charge in [-0.05, 0) is 12.1 Å². The minimum absolute atomic E-state index is 0.709. The molecule has 0 atom stereocenters. The Labute approximate surface area is 120 Å². The van der Waals surface area contributed by atoms with E-state index in [1.807, 2.05) is 54.6 Å². The van der Waals surface area contributed by atoms with Crippen LogP contribution in [0, 0.1) is 0 Å². The average molecular weight is 287 g/mol. The predicted octanol–water partition coefficient (Wildman–Crippen LogP) is 4.71. The van der Waals surface area contributed by atoms with Gasteiger partial charge in [0, 0.05) is 16.1 Å². The number of nitrogen functional groups attached to an aromatic ring is 1. The van der Waals surface area contributed by atoms with Gasteiger partial charge in [-0.25, -0.2) is 4.98 Å². The molecule has 0 bridgehead atoms. The minimum atomic E-state index is 0.709. The predicted molar refractivity (Wildman–Crippen MR) is 82.4 cm³/mol. The third-order valence-electron chi connectivity index (χ3n) is 2.79. The Balaban J connectivity index is 2.05. The highest BCUT2D eigenvalue weighted by Crippen LogP contribution is 2.35. The van der Waals surface area contributed by atoms with Crippen LogP contribution in [0.4, 0.5) is 5.00 Å². The molecule has 0 spiro atoms. The van der Waals surface area contributed by atoms with E-state index in [4.69, 9.17) is 17.3 Å². The Morgan fingerprint density at radius 1 is 0.895 bits per heavy atom. The molecule has 0 saturated heterocycles. The van der Waals surface area contributed by atoms with Crippen LogP contribution >= 0.6 is 22.9 Å². The fourth-order valence-corrected chi connectivity index (χ4v) is 2.84. The third kappa shape index (κ3) is 2.48. The van der Waals surface area contributed by atoms with Crippen molar-refractivity contribution >= 4 is 27.9 Å². The van der Waals surface area contributed by atoms with Gasteiger partial charge < -0.3 is 5.73 Å². The number of hydrogen-bond acceptors (Lipinski definition) is 3. The van der Waals surface area contributed by atoms with Crippen molar-refractivity contribution in [1.29, 1.82) is 0 Å². The molecule has 1 aromatic heterocycles. The van der Waals surface area contributed by atoms with Gasteiger partial charge in [-0.3, -0.25) is 0 Å². The summed E-state index contributed by atoms with van der Waals surface area (Å²) in [6.07, 6.45) is 0. The minimum Gasteiger partial charge on any atom is -0.389 e. The molecule has 0 fully saturated rings.